The van der Waals surface area contributed by atoms with Crippen LogP contribution in [0.25, 0.3) is 22.4 Å². The molecule has 29 heavy (non-hydrogen) atoms. The molecule has 1 N–H and O–H groups in total. The van der Waals surface area contributed by atoms with E-state index in [1.807, 2.05) is 24.3 Å². The average Bonchev–Trinajstić information content (AvgIpc) is 3.28. The van der Waals surface area contributed by atoms with E-state index in [9.17, 15) is 9.59 Å². The van der Waals surface area contributed by atoms with Gasteiger partial charge < -0.3 is 14.5 Å². The van der Waals surface area contributed by atoms with E-state index in [0.29, 0.717) is 39.2 Å². The molecule has 4 rings (SSSR count). The molecule has 4 aromatic rings. The van der Waals surface area contributed by atoms with Gasteiger partial charge in [0.15, 0.2) is 5.76 Å². The molecule has 0 bridgehead atoms. The zero-order chi connectivity index (χ0) is 20.2. The SMILES string of the molecule is CCOC(=O)c1ccccc1NC(=O)c1cc(-c2ccco2)nc2ccccc12. The molecule has 6 heteroatoms. The first-order valence-electron chi connectivity index (χ1n) is 9.18. The molecule has 1 amide bonds. The van der Waals surface area contributed by atoms with E-state index >= 15 is 0 Å². The number of fused-ring (bicyclic) bond motifs is 1. The highest BCUT2D eigenvalue weighted by atomic mass is 16.5. The minimum absolute atomic E-state index is 0.253. The van der Waals surface area contributed by atoms with Crippen LogP contribution in [0, 0.1) is 0 Å². The Labute approximate surface area is 167 Å². The minimum atomic E-state index is -0.487. The van der Waals surface area contributed by atoms with E-state index in [0.717, 1.165) is 0 Å². The summed E-state index contributed by atoms with van der Waals surface area (Å²) in [4.78, 5) is 30.0. The van der Waals surface area contributed by atoms with Gasteiger partial charge in [-0.15, -0.1) is 0 Å². The number of ether oxygens (including phenoxy) is 1. The van der Waals surface area contributed by atoms with Crippen molar-refractivity contribution in [2.45, 2.75) is 6.92 Å². The van der Waals surface area contributed by atoms with Crippen LogP contribution in [0.1, 0.15) is 27.6 Å². The van der Waals surface area contributed by atoms with Crippen LogP contribution >= 0.6 is 0 Å². The van der Waals surface area contributed by atoms with Crippen molar-refractivity contribution in [2.24, 2.45) is 0 Å². The molecule has 2 aromatic carbocycles. The topological polar surface area (TPSA) is 81.4 Å². The van der Waals surface area contributed by atoms with Crippen LogP contribution in [0.4, 0.5) is 5.69 Å². The van der Waals surface area contributed by atoms with Crippen molar-refractivity contribution in [1.29, 1.82) is 0 Å². The molecule has 0 aliphatic heterocycles. The lowest BCUT2D eigenvalue weighted by Gasteiger charge is -2.12. The number of pyridine rings is 1. The van der Waals surface area contributed by atoms with E-state index in [2.05, 4.69) is 10.3 Å². The number of benzene rings is 2. The van der Waals surface area contributed by atoms with Crippen LogP contribution in [0.3, 0.4) is 0 Å². The van der Waals surface area contributed by atoms with Crippen molar-refractivity contribution in [3.63, 3.8) is 0 Å². The van der Waals surface area contributed by atoms with Crippen LogP contribution in [0.5, 0.6) is 0 Å². The number of rotatable bonds is 5. The largest absolute Gasteiger partial charge is 0.463 e. The van der Waals surface area contributed by atoms with Gasteiger partial charge in [0.2, 0.25) is 0 Å². The summed E-state index contributed by atoms with van der Waals surface area (Å²) in [6.45, 7) is 1.99. The predicted octanol–water partition coefficient (Wildman–Crippen LogP) is 4.92. The lowest BCUT2D eigenvalue weighted by atomic mass is 10.1. The van der Waals surface area contributed by atoms with Gasteiger partial charge in [0, 0.05) is 5.39 Å². The van der Waals surface area contributed by atoms with Crippen molar-refractivity contribution in [3.05, 3.63) is 84.1 Å². The average molecular weight is 386 g/mol. The number of carbonyl (C=O) groups is 2. The third-order valence-corrected chi connectivity index (χ3v) is 4.41. The van der Waals surface area contributed by atoms with Crippen LogP contribution < -0.4 is 5.32 Å². The van der Waals surface area contributed by atoms with Crippen molar-refractivity contribution in [1.82, 2.24) is 4.98 Å². The van der Waals surface area contributed by atoms with Crippen LogP contribution in [0.15, 0.2) is 77.4 Å². The summed E-state index contributed by atoms with van der Waals surface area (Å²) in [6, 6.07) is 19.4. The second kappa shape index (κ2) is 7.98. The van der Waals surface area contributed by atoms with E-state index in [4.69, 9.17) is 9.15 Å². The molecule has 0 fully saturated rings. The zero-order valence-corrected chi connectivity index (χ0v) is 15.7. The fourth-order valence-electron chi connectivity index (χ4n) is 3.08. The Hall–Kier alpha value is -3.93. The van der Waals surface area contributed by atoms with Crippen molar-refractivity contribution >= 4 is 28.5 Å². The molecule has 0 saturated carbocycles. The summed E-state index contributed by atoms with van der Waals surface area (Å²) in [7, 11) is 0. The number of nitrogens with zero attached hydrogens (tertiary/aromatic N) is 1. The van der Waals surface area contributed by atoms with Gasteiger partial charge >= 0.3 is 5.97 Å². The number of para-hydroxylation sites is 2. The van der Waals surface area contributed by atoms with Crippen LogP contribution in [-0.2, 0) is 4.74 Å². The highest BCUT2D eigenvalue weighted by Crippen LogP contribution is 2.26. The molecule has 0 aliphatic rings. The summed E-state index contributed by atoms with van der Waals surface area (Å²) in [5.41, 5.74) is 2.34. The molecule has 6 nitrogen and oxygen atoms in total. The first kappa shape index (κ1) is 18.4. The quantitative estimate of drug-likeness (QED) is 0.492. The second-order valence-electron chi connectivity index (χ2n) is 6.27. The van der Waals surface area contributed by atoms with Gasteiger partial charge in [-0.1, -0.05) is 30.3 Å². The number of carbonyl (C=O) groups excluding carboxylic acids is 2. The molecule has 0 spiro atoms. The van der Waals surface area contributed by atoms with Crippen molar-refractivity contribution in [3.8, 4) is 11.5 Å². The van der Waals surface area contributed by atoms with Gasteiger partial charge in [-0.05, 0) is 43.3 Å². The maximum atomic E-state index is 13.2. The maximum absolute atomic E-state index is 13.2. The smallest absolute Gasteiger partial charge is 0.340 e. The van der Waals surface area contributed by atoms with E-state index in [1.54, 1.807) is 55.7 Å². The lowest BCUT2D eigenvalue weighted by molar-refractivity contribution is 0.0527. The third kappa shape index (κ3) is 3.73. The zero-order valence-electron chi connectivity index (χ0n) is 15.7. The second-order valence-corrected chi connectivity index (χ2v) is 6.27. The summed E-state index contributed by atoms with van der Waals surface area (Å²) in [5, 5.41) is 3.54. The lowest BCUT2D eigenvalue weighted by Crippen LogP contribution is -2.16. The normalized spacial score (nSPS) is 10.7. The van der Waals surface area contributed by atoms with Gasteiger partial charge in [0.1, 0.15) is 5.69 Å². The van der Waals surface area contributed by atoms with Crippen LogP contribution in [-0.4, -0.2) is 23.5 Å². The number of furan rings is 1. The molecular formula is C23H18N2O4. The van der Waals surface area contributed by atoms with Gasteiger partial charge in [-0.2, -0.15) is 0 Å². The molecule has 144 valence electrons. The molecular weight excluding hydrogens is 368 g/mol. The fraction of sp³-hybridized carbons (Fsp3) is 0.0870. The number of aromatic nitrogens is 1. The molecule has 2 heterocycles. The fourth-order valence-corrected chi connectivity index (χ4v) is 3.08. The van der Waals surface area contributed by atoms with Gasteiger partial charge in [-0.3, -0.25) is 4.79 Å². The number of hydrogen-bond donors (Lipinski definition) is 1. The van der Waals surface area contributed by atoms with E-state index in [-0.39, 0.29) is 12.5 Å². The molecule has 0 unspecified atom stereocenters. The number of esters is 1. The Morgan fingerprint density at radius 1 is 1.00 bits per heavy atom. The summed E-state index contributed by atoms with van der Waals surface area (Å²) in [6.07, 6.45) is 1.56. The highest BCUT2D eigenvalue weighted by molar-refractivity contribution is 6.14. The third-order valence-electron chi connectivity index (χ3n) is 4.41. The monoisotopic (exact) mass is 386 g/mol. The summed E-state index contributed by atoms with van der Waals surface area (Å²) < 4.78 is 10.5. The number of anilines is 1. The molecule has 0 atom stereocenters. The minimum Gasteiger partial charge on any atom is -0.463 e. The maximum Gasteiger partial charge on any atom is 0.340 e. The Balaban J connectivity index is 1.76. The first-order valence-corrected chi connectivity index (χ1v) is 9.18. The van der Waals surface area contributed by atoms with Crippen LogP contribution in [0.2, 0.25) is 0 Å². The molecule has 0 radical (unpaired) electrons. The van der Waals surface area contributed by atoms with Crippen molar-refractivity contribution < 1.29 is 18.7 Å². The molecule has 0 saturated heterocycles. The molecule has 2 aromatic heterocycles. The Morgan fingerprint density at radius 3 is 2.59 bits per heavy atom. The Kier molecular flexibility index (Phi) is 5.07. The predicted molar refractivity (Wildman–Crippen MR) is 110 cm³/mol. The number of nitrogens with one attached hydrogen (secondary N) is 1. The van der Waals surface area contributed by atoms with E-state index in [1.165, 1.54) is 0 Å². The van der Waals surface area contributed by atoms with Crippen molar-refractivity contribution in [2.75, 3.05) is 11.9 Å². The Morgan fingerprint density at radius 2 is 1.79 bits per heavy atom. The number of amides is 1. The Bertz CT molecular complexity index is 1180. The van der Waals surface area contributed by atoms with E-state index < -0.39 is 5.97 Å². The standard InChI is InChI=1S/C23H18N2O4/c1-2-28-23(27)16-9-4-6-11-19(16)25-22(26)17-14-20(21-12-7-13-29-21)24-18-10-5-3-8-15(17)18/h3-14H,2H2,1H3,(H,25,26). The first-order chi connectivity index (χ1) is 14.2. The summed E-state index contributed by atoms with van der Waals surface area (Å²) in [5.74, 6) is -0.274. The highest BCUT2D eigenvalue weighted by Gasteiger charge is 2.18. The van der Waals surface area contributed by atoms with Gasteiger partial charge in [-0.25, -0.2) is 9.78 Å². The number of hydrogen-bond acceptors (Lipinski definition) is 5. The van der Waals surface area contributed by atoms with Gasteiger partial charge in [0.05, 0.1) is 35.2 Å². The van der Waals surface area contributed by atoms with Gasteiger partial charge in [0.25, 0.3) is 5.91 Å². The summed E-state index contributed by atoms with van der Waals surface area (Å²) >= 11 is 0. The molecule has 0 aliphatic carbocycles.